The van der Waals surface area contributed by atoms with Crippen LogP contribution in [0.2, 0.25) is 0 Å². The maximum absolute atomic E-state index is 13.3. The molecular formula is C15H13Br2FN2O3S. The number of hydrogen-bond donors (Lipinski definition) is 2. The molecule has 9 heteroatoms. The molecule has 5 nitrogen and oxygen atoms in total. The van der Waals surface area contributed by atoms with E-state index in [-0.39, 0.29) is 26.3 Å². The number of sulfonamides is 1. The van der Waals surface area contributed by atoms with Crippen LogP contribution in [0, 0.1) is 5.82 Å². The number of carbonyl (C=O) groups excluding carboxylic acids is 1. The Bertz CT molecular complexity index is 865. The fraction of sp³-hybridized carbons (Fsp3) is 0.133. The molecule has 0 bridgehead atoms. The normalized spacial score (nSPS) is 11.3. The number of amides is 1. The molecule has 0 saturated heterocycles. The molecule has 2 rings (SSSR count). The quantitative estimate of drug-likeness (QED) is 0.691. The summed E-state index contributed by atoms with van der Waals surface area (Å²) >= 11 is 6.12. The van der Waals surface area contributed by atoms with E-state index in [0.29, 0.717) is 11.1 Å². The molecule has 2 N–H and O–H groups in total. The van der Waals surface area contributed by atoms with Crippen molar-refractivity contribution in [2.75, 3.05) is 7.05 Å². The Morgan fingerprint density at radius 2 is 1.79 bits per heavy atom. The first-order chi connectivity index (χ1) is 11.2. The van der Waals surface area contributed by atoms with Crippen molar-refractivity contribution in [3.8, 4) is 0 Å². The highest BCUT2D eigenvalue weighted by Gasteiger charge is 2.22. The lowest BCUT2D eigenvalue weighted by Crippen LogP contribution is -2.24. The summed E-state index contributed by atoms with van der Waals surface area (Å²) in [5.74, 6) is -0.824. The summed E-state index contributed by atoms with van der Waals surface area (Å²) in [5, 5.41) is 2.50. The van der Waals surface area contributed by atoms with Gasteiger partial charge in [0.1, 0.15) is 10.7 Å². The molecular weight excluding hydrogens is 467 g/mol. The van der Waals surface area contributed by atoms with Crippen molar-refractivity contribution < 1.29 is 17.6 Å². The zero-order chi connectivity index (χ0) is 17.9. The zero-order valence-electron chi connectivity index (χ0n) is 12.4. The van der Waals surface area contributed by atoms with Crippen molar-refractivity contribution >= 4 is 47.8 Å². The van der Waals surface area contributed by atoms with Crippen LogP contribution in [0.25, 0.3) is 0 Å². The van der Waals surface area contributed by atoms with E-state index in [1.807, 2.05) is 0 Å². The molecule has 24 heavy (non-hydrogen) atoms. The molecule has 0 saturated carbocycles. The minimum Gasteiger partial charge on any atom is -0.355 e. The van der Waals surface area contributed by atoms with Crippen LogP contribution in [0.1, 0.15) is 15.9 Å². The van der Waals surface area contributed by atoms with Gasteiger partial charge in [-0.15, -0.1) is 0 Å². The highest BCUT2D eigenvalue weighted by atomic mass is 79.9. The second kappa shape index (κ2) is 7.73. The van der Waals surface area contributed by atoms with Gasteiger partial charge in [-0.25, -0.2) is 17.5 Å². The maximum Gasteiger partial charge on any atom is 0.251 e. The van der Waals surface area contributed by atoms with Crippen molar-refractivity contribution in [2.45, 2.75) is 11.4 Å². The summed E-state index contributed by atoms with van der Waals surface area (Å²) in [7, 11) is -2.37. The summed E-state index contributed by atoms with van der Waals surface area (Å²) in [6.45, 7) is -0.0105. The van der Waals surface area contributed by atoms with Gasteiger partial charge in [-0.05, 0) is 61.7 Å². The summed E-state index contributed by atoms with van der Waals surface area (Å²) < 4.78 is 40.9. The summed E-state index contributed by atoms with van der Waals surface area (Å²) in [6.07, 6.45) is 0. The van der Waals surface area contributed by atoms with Crippen molar-refractivity contribution in [1.82, 2.24) is 10.0 Å². The van der Waals surface area contributed by atoms with Gasteiger partial charge >= 0.3 is 0 Å². The first-order valence-electron chi connectivity index (χ1n) is 6.70. The number of rotatable bonds is 5. The lowest BCUT2D eigenvalue weighted by molar-refractivity contribution is 0.0963. The predicted octanol–water partition coefficient (Wildman–Crippen LogP) is 3.19. The van der Waals surface area contributed by atoms with Gasteiger partial charge in [-0.1, -0.05) is 12.1 Å². The van der Waals surface area contributed by atoms with Crippen LogP contribution in [0.15, 0.2) is 50.2 Å². The molecule has 0 radical (unpaired) electrons. The van der Waals surface area contributed by atoms with E-state index in [9.17, 15) is 17.6 Å². The first kappa shape index (κ1) is 19.0. The van der Waals surface area contributed by atoms with E-state index >= 15 is 0 Å². The van der Waals surface area contributed by atoms with Crippen molar-refractivity contribution in [3.05, 3.63) is 62.3 Å². The van der Waals surface area contributed by atoms with Crippen LogP contribution < -0.4 is 10.0 Å². The summed E-state index contributed by atoms with van der Waals surface area (Å²) in [5.41, 5.74) is 1.05. The van der Waals surface area contributed by atoms with E-state index in [1.54, 1.807) is 24.3 Å². The minimum absolute atomic E-state index is 0.0105. The highest BCUT2D eigenvalue weighted by molar-refractivity contribution is 9.11. The van der Waals surface area contributed by atoms with E-state index in [2.05, 4.69) is 41.9 Å². The number of hydrogen-bond acceptors (Lipinski definition) is 3. The van der Waals surface area contributed by atoms with Crippen molar-refractivity contribution in [2.24, 2.45) is 0 Å². The molecule has 0 heterocycles. The molecule has 0 unspecified atom stereocenters. The van der Waals surface area contributed by atoms with Gasteiger partial charge in [-0.3, -0.25) is 4.79 Å². The standard InChI is InChI=1S/C15H13Br2FN2O3S/c1-19-15(21)10-4-2-3-9(5-10)8-20-24(22,23)14-12(16)6-11(18)7-13(14)17/h2-7,20H,8H2,1H3,(H,19,21). The van der Waals surface area contributed by atoms with Crippen LogP contribution in [-0.4, -0.2) is 21.4 Å². The Kier molecular flexibility index (Phi) is 6.13. The van der Waals surface area contributed by atoms with Gasteiger partial charge in [-0.2, -0.15) is 0 Å². The molecule has 0 aliphatic rings. The van der Waals surface area contributed by atoms with E-state index in [0.717, 1.165) is 12.1 Å². The topological polar surface area (TPSA) is 75.3 Å². The third-order valence-corrected chi connectivity index (χ3v) is 6.39. The summed E-state index contributed by atoms with van der Waals surface area (Å²) in [4.78, 5) is 11.5. The van der Waals surface area contributed by atoms with E-state index in [1.165, 1.54) is 7.05 Å². The van der Waals surface area contributed by atoms with Crippen LogP contribution in [0.5, 0.6) is 0 Å². The lowest BCUT2D eigenvalue weighted by atomic mass is 10.1. The third-order valence-electron chi connectivity index (χ3n) is 3.11. The average molecular weight is 480 g/mol. The fourth-order valence-electron chi connectivity index (χ4n) is 2.00. The molecule has 0 fully saturated rings. The van der Waals surface area contributed by atoms with Crippen LogP contribution in [-0.2, 0) is 16.6 Å². The average Bonchev–Trinajstić information content (AvgIpc) is 2.51. The third kappa shape index (κ3) is 4.41. The second-order valence-electron chi connectivity index (χ2n) is 4.80. The van der Waals surface area contributed by atoms with Crippen LogP contribution in [0.4, 0.5) is 4.39 Å². The monoisotopic (exact) mass is 478 g/mol. The Morgan fingerprint density at radius 3 is 2.38 bits per heavy atom. The molecule has 0 aliphatic carbocycles. The Balaban J connectivity index is 2.24. The molecule has 2 aromatic carbocycles. The Morgan fingerprint density at radius 1 is 1.17 bits per heavy atom. The van der Waals surface area contributed by atoms with Crippen molar-refractivity contribution in [3.63, 3.8) is 0 Å². The molecule has 0 aliphatic heterocycles. The summed E-state index contributed by atoms with van der Waals surface area (Å²) in [6, 6.07) is 8.73. The van der Waals surface area contributed by atoms with E-state index < -0.39 is 15.8 Å². The molecule has 128 valence electrons. The lowest BCUT2D eigenvalue weighted by Gasteiger charge is -2.11. The van der Waals surface area contributed by atoms with Crippen molar-refractivity contribution in [1.29, 1.82) is 0 Å². The number of nitrogens with one attached hydrogen (secondary N) is 2. The maximum atomic E-state index is 13.3. The minimum atomic E-state index is -3.89. The largest absolute Gasteiger partial charge is 0.355 e. The molecule has 0 spiro atoms. The predicted molar refractivity (Wildman–Crippen MR) is 95.7 cm³/mol. The fourth-order valence-corrected chi connectivity index (χ4v) is 5.54. The highest BCUT2D eigenvalue weighted by Crippen LogP contribution is 2.31. The number of benzene rings is 2. The molecule has 0 atom stereocenters. The van der Waals surface area contributed by atoms with Gasteiger partial charge in [0.25, 0.3) is 5.91 Å². The molecule has 2 aromatic rings. The van der Waals surface area contributed by atoms with Gasteiger partial charge in [0.05, 0.1) is 0 Å². The number of halogens is 3. The number of carbonyl (C=O) groups is 1. The molecule has 1 amide bonds. The van der Waals surface area contributed by atoms with Gasteiger partial charge in [0.2, 0.25) is 10.0 Å². The Hall–Kier alpha value is -1.29. The second-order valence-corrected chi connectivity index (χ2v) is 8.22. The zero-order valence-corrected chi connectivity index (χ0v) is 16.4. The smallest absolute Gasteiger partial charge is 0.251 e. The van der Waals surface area contributed by atoms with Gasteiger partial charge in [0, 0.05) is 28.1 Å². The van der Waals surface area contributed by atoms with E-state index in [4.69, 9.17) is 0 Å². The Labute approximate surface area is 156 Å². The van der Waals surface area contributed by atoms with Crippen LogP contribution >= 0.6 is 31.9 Å². The first-order valence-corrected chi connectivity index (χ1v) is 9.76. The molecule has 0 aromatic heterocycles. The SMILES string of the molecule is CNC(=O)c1cccc(CNS(=O)(=O)c2c(Br)cc(F)cc2Br)c1. The van der Waals surface area contributed by atoms with Gasteiger partial charge < -0.3 is 5.32 Å². The van der Waals surface area contributed by atoms with Gasteiger partial charge in [0.15, 0.2) is 0 Å². The van der Waals surface area contributed by atoms with Crippen LogP contribution in [0.3, 0.4) is 0 Å².